The van der Waals surface area contributed by atoms with Crippen LogP contribution in [0.3, 0.4) is 0 Å². The van der Waals surface area contributed by atoms with E-state index in [4.69, 9.17) is 9.47 Å². The molecule has 0 bridgehead atoms. The minimum absolute atomic E-state index is 0.0437. The van der Waals surface area contributed by atoms with Gasteiger partial charge in [0.25, 0.3) is 0 Å². The first-order valence-electron chi connectivity index (χ1n) is 10.0. The maximum absolute atomic E-state index is 12.7. The molecule has 1 fully saturated rings. The van der Waals surface area contributed by atoms with Gasteiger partial charge in [-0.05, 0) is 51.1 Å². The van der Waals surface area contributed by atoms with Gasteiger partial charge in [0, 0.05) is 30.8 Å². The van der Waals surface area contributed by atoms with Gasteiger partial charge < -0.3 is 19.7 Å². The van der Waals surface area contributed by atoms with E-state index in [-0.39, 0.29) is 30.3 Å². The number of carbonyl (C=O) groups is 2. The van der Waals surface area contributed by atoms with Crippen LogP contribution in [0.5, 0.6) is 11.5 Å². The van der Waals surface area contributed by atoms with Gasteiger partial charge >= 0.3 is 0 Å². The molecular formula is C23H28N2O4. The summed E-state index contributed by atoms with van der Waals surface area (Å²) in [6.45, 7) is 7.20. The molecule has 1 heterocycles. The second-order valence-corrected chi connectivity index (χ2v) is 7.32. The number of carbonyl (C=O) groups excluding carboxylic acids is 2. The molecule has 1 N–H and O–H groups in total. The summed E-state index contributed by atoms with van der Waals surface area (Å²) in [7, 11) is 0. The summed E-state index contributed by atoms with van der Waals surface area (Å²) in [5.41, 5.74) is 1.70. The number of para-hydroxylation sites is 1. The number of nitrogens with one attached hydrogen (secondary N) is 1. The Bertz CT molecular complexity index is 848. The molecular weight excluding hydrogens is 368 g/mol. The quantitative estimate of drug-likeness (QED) is 0.741. The third-order valence-corrected chi connectivity index (χ3v) is 4.74. The van der Waals surface area contributed by atoms with Crippen LogP contribution < -0.4 is 19.7 Å². The summed E-state index contributed by atoms with van der Waals surface area (Å²) in [6, 6.07) is 15.0. The number of ether oxygens (including phenoxy) is 2. The lowest BCUT2D eigenvalue weighted by molar-refractivity contribution is -0.126. The van der Waals surface area contributed by atoms with Crippen LogP contribution in [0.15, 0.2) is 48.5 Å². The number of anilines is 1. The lowest BCUT2D eigenvalue weighted by atomic mass is 10.1. The summed E-state index contributed by atoms with van der Waals surface area (Å²) in [4.78, 5) is 26.8. The van der Waals surface area contributed by atoms with E-state index in [9.17, 15) is 9.59 Å². The summed E-state index contributed by atoms with van der Waals surface area (Å²) in [5, 5.41) is 2.96. The molecule has 1 saturated heterocycles. The van der Waals surface area contributed by atoms with Crippen molar-refractivity contribution in [2.75, 3.05) is 18.1 Å². The lowest BCUT2D eigenvalue weighted by Crippen LogP contribution is -2.32. The summed E-state index contributed by atoms with van der Waals surface area (Å²) >= 11 is 0. The molecule has 2 aromatic carbocycles. The molecule has 0 saturated carbocycles. The molecule has 1 atom stereocenters. The van der Waals surface area contributed by atoms with Crippen molar-refractivity contribution in [2.45, 2.75) is 39.8 Å². The Kier molecular flexibility index (Phi) is 6.75. The van der Waals surface area contributed by atoms with Crippen molar-refractivity contribution < 1.29 is 19.1 Å². The first-order chi connectivity index (χ1) is 14.0. The van der Waals surface area contributed by atoms with E-state index in [1.165, 1.54) is 0 Å². The van der Waals surface area contributed by atoms with Crippen LogP contribution in [0.1, 0.15) is 32.8 Å². The van der Waals surface area contributed by atoms with Gasteiger partial charge in [0.05, 0.1) is 18.6 Å². The van der Waals surface area contributed by atoms with E-state index in [1.54, 1.807) is 4.90 Å². The number of nitrogens with zero attached hydrogens (tertiary/aromatic N) is 1. The van der Waals surface area contributed by atoms with Crippen molar-refractivity contribution in [1.82, 2.24) is 5.32 Å². The molecule has 1 aliphatic heterocycles. The van der Waals surface area contributed by atoms with Crippen LogP contribution in [-0.4, -0.2) is 31.1 Å². The van der Waals surface area contributed by atoms with E-state index < -0.39 is 0 Å². The van der Waals surface area contributed by atoms with Gasteiger partial charge in [0.2, 0.25) is 11.8 Å². The third-order valence-electron chi connectivity index (χ3n) is 4.74. The van der Waals surface area contributed by atoms with Crippen molar-refractivity contribution in [3.8, 4) is 11.5 Å². The largest absolute Gasteiger partial charge is 0.494 e. The first-order valence-corrected chi connectivity index (χ1v) is 10.0. The molecule has 3 rings (SSSR count). The maximum Gasteiger partial charge on any atom is 0.227 e. The Balaban J connectivity index is 1.59. The molecule has 6 heteroatoms. The monoisotopic (exact) mass is 396 g/mol. The van der Waals surface area contributed by atoms with Crippen molar-refractivity contribution in [3.63, 3.8) is 0 Å². The zero-order valence-electron chi connectivity index (χ0n) is 17.2. The smallest absolute Gasteiger partial charge is 0.227 e. The van der Waals surface area contributed by atoms with Crippen molar-refractivity contribution in [1.29, 1.82) is 0 Å². The molecule has 1 aliphatic rings. The number of benzene rings is 2. The highest BCUT2D eigenvalue weighted by atomic mass is 16.5. The highest BCUT2D eigenvalue weighted by molar-refractivity contribution is 6.00. The van der Waals surface area contributed by atoms with Crippen LogP contribution in [0.2, 0.25) is 0 Å². The van der Waals surface area contributed by atoms with E-state index >= 15 is 0 Å². The Morgan fingerprint density at radius 1 is 1.17 bits per heavy atom. The van der Waals surface area contributed by atoms with Gasteiger partial charge in [-0.2, -0.15) is 0 Å². The Morgan fingerprint density at radius 3 is 2.59 bits per heavy atom. The van der Waals surface area contributed by atoms with Gasteiger partial charge in [-0.25, -0.2) is 0 Å². The highest BCUT2D eigenvalue weighted by Crippen LogP contribution is 2.27. The van der Waals surface area contributed by atoms with Crippen LogP contribution in [0, 0.1) is 5.92 Å². The predicted molar refractivity (Wildman–Crippen MR) is 112 cm³/mol. The van der Waals surface area contributed by atoms with Crippen molar-refractivity contribution in [2.24, 2.45) is 5.92 Å². The number of hydrogen-bond acceptors (Lipinski definition) is 4. The SMILES string of the molecule is CCOc1ccc(N2C[C@H](C(=O)NCc3ccccc3OC(C)C)CC2=O)cc1. The maximum atomic E-state index is 12.7. The number of amides is 2. The minimum Gasteiger partial charge on any atom is -0.494 e. The fourth-order valence-electron chi connectivity index (χ4n) is 3.37. The molecule has 0 aromatic heterocycles. The van der Waals surface area contributed by atoms with Gasteiger partial charge in [-0.1, -0.05) is 18.2 Å². The predicted octanol–water partition coefficient (Wildman–Crippen LogP) is 3.54. The summed E-state index contributed by atoms with van der Waals surface area (Å²) in [6.07, 6.45) is 0.269. The van der Waals surface area contributed by atoms with E-state index in [2.05, 4.69) is 5.32 Å². The zero-order chi connectivity index (χ0) is 20.8. The van der Waals surface area contributed by atoms with Crippen molar-refractivity contribution in [3.05, 3.63) is 54.1 Å². The molecule has 6 nitrogen and oxygen atoms in total. The van der Waals surface area contributed by atoms with Crippen molar-refractivity contribution >= 4 is 17.5 Å². The minimum atomic E-state index is -0.368. The van der Waals surface area contributed by atoms with Gasteiger partial charge in [-0.15, -0.1) is 0 Å². The Labute approximate surface area is 171 Å². The van der Waals surface area contributed by atoms with E-state index in [0.717, 1.165) is 22.7 Å². The van der Waals surface area contributed by atoms with Crippen LogP contribution >= 0.6 is 0 Å². The molecule has 0 aliphatic carbocycles. The molecule has 29 heavy (non-hydrogen) atoms. The van der Waals surface area contributed by atoms with Crippen LogP contribution in [0.4, 0.5) is 5.69 Å². The van der Waals surface area contributed by atoms with Gasteiger partial charge in [-0.3, -0.25) is 9.59 Å². The topological polar surface area (TPSA) is 67.9 Å². The lowest BCUT2D eigenvalue weighted by Gasteiger charge is -2.18. The van der Waals surface area contributed by atoms with Crippen LogP contribution in [-0.2, 0) is 16.1 Å². The molecule has 0 unspecified atom stereocenters. The second kappa shape index (κ2) is 9.45. The number of rotatable bonds is 8. The van der Waals surface area contributed by atoms with E-state index in [0.29, 0.717) is 19.7 Å². The first kappa shape index (κ1) is 20.7. The number of hydrogen-bond donors (Lipinski definition) is 1. The zero-order valence-corrected chi connectivity index (χ0v) is 17.2. The molecule has 0 spiro atoms. The molecule has 0 radical (unpaired) electrons. The fraction of sp³-hybridized carbons (Fsp3) is 0.391. The van der Waals surface area contributed by atoms with E-state index in [1.807, 2.05) is 69.3 Å². The van der Waals surface area contributed by atoms with Gasteiger partial charge in [0.1, 0.15) is 11.5 Å². The standard InChI is InChI=1S/C23H28N2O4/c1-4-28-20-11-9-19(10-12-20)25-15-18(13-22(25)26)23(27)24-14-17-7-5-6-8-21(17)29-16(2)3/h5-12,16,18H,4,13-15H2,1-3H3,(H,24,27)/t18-/m1/s1. The Morgan fingerprint density at radius 2 is 1.90 bits per heavy atom. The molecule has 154 valence electrons. The second-order valence-electron chi connectivity index (χ2n) is 7.32. The fourth-order valence-corrected chi connectivity index (χ4v) is 3.37. The summed E-state index contributed by atoms with van der Waals surface area (Å²) in [5.74, 6) is 0.997. The average molecular weight is 396 g/mol. The van der Waals surface area contributed by atoms with Gasteiger partial charge in [0.15, 0.2) is 0 Å². The van der Waals surface area contributed by atoms with Crippen LogP contribution in [0.25, 0.3) is 0 Å². The summed E-state index contributed by atoms with van der Waals surface area (Å²) < 4.78 is 11.2. The third kappa shape index (κ3) is 5.28. The normalized spacial score (nSPS) is 16.2. The highest BCUT2D eigenvalue weighted by Gasteiger charge is 2.35. The molecule has 2 amide bonds. The molecule has 2 aromatic rings. The Hall–Kier alpha value is -3.02. The average Bonchev–Trinajstić information content (AvgIpc) is 3.09.